The molecule has 3 rings (SSSR count). The Kier molecular flexibility index (Phi) is 8.38. The van der Waals surface area contributed by atoms with E-state index >= 15 is 0 Å². The second-order valence-corrected chi connectivity index (χ2v) is 7.03. The van der Waals surface area contributed by atoms with Gasteiger partial charge in [0.15, 0.2) is 0 Å². The summed E-state index contributed by atoms with van der Waals surface area (Å²) in [5.74, 6) is 0.0497. The monoisotopic (exact) mass is 441 g/mol. The first-order valence-corrected chi connectivity index (χ1v) is 10.4. The summed E-state index contributed by atoms with van der Waals surface area (Å²) in [4.78, 5) is 23.4. The molecule has 0 heterocycles. The van der Waals surface area contributed by atoms with Crippen LogP contribution in [0.3, 0.4) is 0 Å². The summed E-state index contributed by atoms with van der Waals surface area (Å²) in [6.07, 6.45) is 2.63. The van der Waals surface area contributed by atoms with E-state index in [1.165, 1.54) is 0 Å². The van der Waals surface area contributed by atoms with E-state index in [1.807, 2.05) is 42.5 Å². The molecular formula is C27H23NO5. The summed E-state index contributed by atoms with van der Waals surface area (Å²) < 4.78 is 16.0. The fourth-order valence-electron chi connectivity index (χ4n) is 2.98. The summed E-state index contributed by atoms with van der Waals surface area (Å²) in [5, 5.41) is 9.12. The molecule has 0 aliphatic rings. The molecule has 0 unspecified atom stereocenters. The number of ether oxygens (including phenoxy) is 3. The van der Waals surface area contributed by atoms with Crippen LogP contribution >= 0.6 is 0 Å². The van der Waals surface area contributed by atoms with E-state index in [2.05, 4.69) is 6.58 Å². The van der Waals surface area contributed by atoms with Crippen molar-refractivity contribution >= 4 is 11.9 Å². The standard InChI is InChI=1S/C27H23NO5/c1-2-26(29)32-18-6-5-17-31-24-15-13-21(14-16-24)20-9-11-22(12-10-20)27(30)33-25-8-4-3-7-23(25)19-28/h2-4,7-16H,1,5-6,17-18H2. The number of para-hydroxylation sites is 1. The minimum atomic E-state index is -0.521. The van der Waals surface area contributed by atoms with Gasteiger partial charge in [-0.15, -0.1) is 0 Å². The van der Waals surface area contributed by atoms with E-state index in [1.54, 1.807) is 36.4 Å². The van der Waals surface area contributed by atoms with Gasteiger partial charge in [-0.05, 0) is 60.4 Å². The summed E-state index contributed by atoms with van der Waals surface area (Å²) in [5.41, 5.74) is 2.62. The van der Waals surface area contributed by atoms with E-state index in [9.17, 15) is 9.59 Å². The lowest BCUT2D eigenvalue weighted by atomic mass is 10.0. The molecule has 3 aromatic carbocycles. The highest BCUT2D eigenvalue weighted by atomic mass is 16.5. The number of rotatable bonds is 10. The SMILES string of the molecule is C=CC(=O)OCCCCOc1ccc(-c2ccc(C(=O)Oc3ccccc3C#N)cc2)cc1. The van der Waals surface area contributed by atoms with Gasteiger partial charge < -0.3 is 14.2 Å². The van der Waals surface area contributed by atoms with E-state index in [0.29, 0.717) is 30.8 Å². The Bertz CT molecular complexity index is 1140. The van der Waals surface area contributed by atoms with Gasteiger partial charge in [0.1, 0.15) is 17.6 Å². The molecule has 3 aromatic rings. The smallest absolute Gasteiger partial charge is 0.343 e. The fourth-order valence-corrected chi connectivity index (χ4v) is 2.98. The van der Waals surface area contributed by atoms with Gasteiger partial charge in [0.25, 0.3) is 0 Å². The van der Waals surface area contributed by atoms with Crippen LogP contribution in [0.4, 0.5) is 0 Å². The largest absolute Gasteiger partial charge is 0.494 e. The van der Waals surface area contributed by atoms with Gasteiger partial charge in [0, 0.05) is 6.08 Å². The third kappa shape index (κ3) is 6.81. The topological polar surface area (TPSA) is 85.6 Å². The van der Waals surface area contributed by atoms with Crippen molar-refractivity contribution in [3.05, 3.63) is 96.6 Å². The minimum absolute atomic E-state index is 0.238. The Balaban J connectivity index is 1.51. The lowest BCUT2D eigenvalue weighted by Gasteiger charge is -2.09. The van der Waals surface area contributed by atoms with Gasteiger partial charge in [-0.2, -0.15) is 5.26 Å². The molecule has 166 valence electrons. The van der Waals surface area contributed by atoms with E-state index in [4.69, 9.17) is 19.5 Å². The van der Waals surface area contributed by atoms with Crippen LogP contribution in [0.2, 0.25) is 0 Å². The number of unbranched alkanes of at least 4 members (excludes halogenated alkanes) is 1. The molecule has 0 aliphatic heterocycles. The van der Waals surface area contributed by atoms with Crippen molar-refractivity contribution in [2.24, 2.45) is 0 Å². The van der Waals surface area contributed by atoms with Gasteiger partial charge in [0.2, 0.25) is 0 Å². The number of benzene rings is 3. The third-order valence-electron chi connectivity index (χ3n) is 4.74. The molecular weight excluding hydrogens is 418 g/mol. The molecule has 0 aromatic heterocycles. The van der Waals surface area contributed by atoms with Crippen LogP contribution in [0.15, 0.2) is 85.5 Å². The Labute approximate surface area is 192 Å². The van der Waals surface area contributed by atoms with Crippen molar-refractivity contribution in [2.75, 3.05) is 13.2 Å². The second kappa shape index (κ2) is 11.9. The maximum atomic E-state index is 12.4. The molecule has 0 saturated carbocycles. The van der Waals surface area contributed by atoms with Gasteiger partial charge in [-0.25, -0.2) is 9.59 Å². The van der Waals surface area contributed by atoms with Crippen LogP contribution in [-0.4, -0.2) is 25.2 Å². The van der Waals surface area contributed by atoms with E-state index in [-0.39, 0.29) is 5.75 Å². The normalized spacial score (nSPS) is 10.0. The highest BCUT2D eigenvalue weighted by Crippen LogP contribution is 2.24. The third-order valence-corrected chi connectivity index (χ3v) is 4.74. The van der Waals surface area contributed by atoms with Crippen molar-refractivity contribution in [1.82, 2.24) is 0 Å². The molecule has 0 spiro atoms. The van der Waals surface area contributed by atoms with Crippen LogP contribution < -0.4 is 9.47 Å². The lowest BCUT2D eigenvalue weighted by Crippen LogP contribution is -2.09. The number of nitriles is 1. The molecule has 0 N–H and O–H groups in total. The average molecular weight is 441 g/mol. The minimum Gasteiger partial charge on any atom is -0.494 e. The van der Waals surface area contributed by atoms with Crippen molar-refractivity contribution in [3.8, 4) is 28.7 Å². The van der Waals surface area contributed by atoms with Crippen molar-refractivity contribution in [3.63, 3.8) is 0 Å². The molecule has 0 atom stereocenters. The predicted octanol–water partition coefficient (Wildman–Crippen LogP) is 5.33. The Morgan fingerprint density at radius 1 is 0.879 bits per heavy atom. The summed E-state index contributed by atoms with van der Waals surface area (Å²) in [6, 6.07) is 23.3. The Hall–Kier alpha value is -4.37. The Morgan fingerprint density at radius 3 is 2.18 bits per heavy atom. The quantitative estimate of drug-likeness (QED) is 0.183. The van der Waals surface area contributed by atoms with Crippen LogP contribution in [0.25, 0.3) is 11.1 Å². The summed E-state index contributed by atoms with van der Waals surface area (Å²) in [6.45, 7) is 4.22. The predicted molar refractivity (Wildman–Crippen MR) is 124 cm³/mol. The van der Waals surface area contributed by atoms with Gasteiger partial charge in [-0.1, -0.05) is 43.0 Å². The first kappa shape index (κ1) is 23.3. The molecule has 6 heteroatoms. The number of carbonyl (C=O) groups excluding carboxylic acids is 2. The van der Waals surface area contributed by atoms with E-state index in [0.717, 1.165) is 29.4 Å². The van der Waals surface area contributed by atoms with Crippen LogP contribution in [-0.2, 0) is 9.53 Å². The fraction of sp³-hybridized carbons (Fsp3) is 0.148. The van der Waals surface area contributed by atoms with Crippen molar-refractivity contribution in [1.29, 1.82) is 5.26 Å². The maximum Gasteiger partial charge on any atom is 0.343 e. The first-order valence-electron chi connectivity index (χ1n) is 10.4. The van der Waals surface area contributed by atoms with Gasteiger partial charge >= 0.3 is 11.9 Å². The molecule has 0 radical (unpaired) electrons. The van der Waals surface area contributed by atoms with Crippen LogP contribution in [0, 0.1) is 11.3 Å². The van der Waals surface area contributed by atoms with Gasteiger partial charge in [-0.3, -0.25) is 0 Å². The highest BCUT2D eigenvalue weighted by Gasteiger charge is 2.11. The number of esters is 2. The zero-order chi connectivity index (χ0) is 23.5. The number of hydrogen-bond acceptors (Lipinski definition) is 6. The van der Waals surface area contributed by atoms with Crippen LogP contribution in [0.5, 0.6) is 11.5 Å². The zero-order valence-electron chi connectivity index (χ0n) is 18.0. The molecule has 0 aliphatic carbocycles. The van der Waals surface area contributed by atoms with Gasteiger partial charge in [0.05, 0.1) is 24.3 Å². The summed E-state index contributed by atoms with van der Waals surface area (Å²) in [7, 11) is 0. The van der Waals surface area contributed by atoms with E-state index < -0.39 is 11.9 Å². The van der Waals surface area contributed by atoms with Crippen molar-refractivity contribution in [2.45, 2.75) is 12.8 Å². The molecule has 0 bridgehead atoms. The van der Waals surface area contributed by atoms with Crippen molar-refractivity contribution < 1.29 is 23.8 Å². The number of hydrogen-bond donors (Lipinski definition) is 0. The molecule has 0 saturated heterocycles. The molecule has 6 nitrogen and oxygen atoms in total. The average Bonchev–Trinajstić information content (AvgIpc) is 2.86. The molecule has 0 fully saturated rings. The first-order chi connectivity index (χ1) is 16.1. The maximum absolute atomic E-state index is 12.4. The highest BCUT2D eigenvalue weighted by molar-refractivity contribution is 5.92. The number of carbonyl (C=O) groups is 2. The Morgan fingerprint density at radius 2 is 1.52 bits per heavy atom. The summed E-state index contributed by atoms with van der Waals surface area (Å²) >= 11 is 0. The zero-order valence-corrected chi connectivity index (χ0v) is 18.0. The molecule has 0 amide bonds. The molecule has 33 heavy (non-hydrogen) atoms. The number of nitrogens with zero attached hydrogens (tertiary/aromatic N) is 1. The van der Waals surface area contributed by atoms with Crippen LogP contribution in [0.1, 0.15) is 28.8 Å². The second-order valence-electron chi connectivity index (χ2n) is 7.03. The lowest BCUT2D eigenvalue weighted by molar-refractivity contribution is -0.137.